The molecule has 22 heavy (non-hydrogen) atoms. The molecular weight excluding hydrogens is 744 g/mol. The van der Waals surface area contributed by atoms with Crippen LogP contribution < -0.4 is 5.32 Å². The van der Waals surface area contributed by atoms with Crippen LogP contribution in [0, 0.1) is 14.3 Å². The van der Waals surface area contributed by atoms with Gasteiger partial charge in [0.15, 0.2) is 0 Å². The van der Waals surface area contributed by atoms with Crippen LogP contribution in [0.5, 0.6) is 0 Å². The maximum atomic E-state index is 12.5. The van der Waals surface area contributed by atoms with Crippen molar-refractivity contribution in [2.45, 2.75) is 0 Å². The van der Waals surface area contributed by atoms with Gasteiger partial charge < -0.3 is 15.3 Å². The molecule has 0 aliphatic carbocycles. The number of benzene rings is 1. The zero-order valence-electron chi connectivity index (χ0n) is 11.3. The Morgan fingerprint density at radius 1 is 1.00 bits per heavy atom. The van der Waals surface area contributed by atoms with E-state index in [9.17, 15) is 14.4 Å². The molecule has 6 nitrogen and oxygen atoms in total. The van der Waals surface area contributed by atoms with Crippen molar-refractivity contribution < 1.29 is 19.5 Å². The van der Waals surface area contributed by atoms with E-state index in [2.05, 4.69) is 5.32 Å². The SMILES string of the molecule is CNC(=O)c1c(I)c(I)c(C(=O)N(C)CC(=O)O)c(I)c1I. The van der Waals surface area contributed by atoms with Crippen LogP contribution in [-0.2, 0) is 4.79 Å². The molecule has 1 rings (SSSR count). The highest BCUT2D eigenvalue weighted by atomic mass is 127. The van der Waals surface area contributed by atoms with Gasteiger partial charge in [-0.05, 0) is 90.4 Å². The highest BCUT2D eigenvalue weighted by molar-refractivity contribution is 14.1. The van der Waals surface area contributed by atoms with Crippen molar-refractivity contribution in [3.8, 4) is 0 Å². The molecular formula is C12H10I4N2O4. The van der Waals surface area contributed by atoms with Gasteiger partial charge in [-0.2, -0.15) is 0 Å². The minimum Gasteiger partial charge on any atom is -0.480 e. The Bertz CT molecular complexity index is 634. The first-order valence-electron chi connectivity index (χ1n) is 5.68. The number of amides is 2. The molecule has 0 radical (unpaired) electrons. The monoisotopic (exact) mass is 754 g/mol. The van der Waals surface area contributed by atoms with Crippen LogP contribution in [0.3, 0.4) is 0 Å². The van der Waals surface area contributed by atoms with E-state index in [-0.39, 0.29) is 18.4 Å². The fourth-order valence-electron chi connectivity index (χ4n) is 1.61. The smallest absolute Gasteiger partial charge is 0.323 e. The van der Waals surface area contributed by atoms with E-state index in [0.29, 0.717) is 25.4 Å². The second-order valence-corrected chi connectivity index (χ2v) is 8.46. The number of likely N-dealkylation sites (N-methyl/N-ethyl adjacent to an activating group) is 1. The van der Waals surface area contributed by atoms with Crippen LogP contribution in [-0.4, -0.2) is 48.4 Å². The van der Waals surface area contributed by atoms with Gasteiger partial charge in [-0.1, -0.05) is 0 Å². The van der Waals surface area contributed by atoms with Gasteiger partial charge in [0.1, 0.15) is 6.54 Å². The number of hydrogen-bond acceptors (Lipinski definition) is 3. The first kappa shape index (κ1) is 20.6. The van der Waals surface area contributed by atoms with E-state index in [1.165, 1.54) is 7.05 Å². The topological polar surface area (TPSA) is 86.7 Å². The van der Waals surface area contributed by atoms with Gasteiger partial charge >= 0.3 is 5.97 Å². The Kier molecular flexibility index (Phi) is 8.04. The summed E-state index contributed by atoms with van der Waals surface area (Å²) in [4.78, 5) is 36.5. The van der Waals surface area contributed by atoms with Gasteiger partial charge in [-0.25, -0.2) is 0 Å². The maximum absolute atomic E-state index is 12.5. The maximum Gasteiger partial charge on any atom is 0.323 e. The molecule has 2 amide bonds. The van der Waals surface area contributed by atoms with Crippen molar-refractivity contribution in [1.82, 2.24) is 10.2 Å². The normalized spacial score (nSPS) is 10.3. The molecule has 1 aromatic rings. The summed E-state index contributed by atoms with van der Waals surface area (Å²) >= 11 is 8.09. The number of carboxylic acid groups (broad SMARTS) is 1. The van der Waals surface area contributed by atoms with Crippen LogP contribution >= 0.6 is 90.4 Å². The van der Waals surface area contributed by atoms with E-state index in [4.69, 9.17) is 5.11 Å². The van der Waals surface area contributed by atoms with Crippen molar-refractivity contribution in [2.24, 2.45) is 0 Å². The summed E-state index contributed by atoms with van der Waals surface area (Å²) in [5, 5.41) is 11.4. The average molecular weight is 754 g/mol. The summed E-state index contributed by atoms with van der Waals surface area (Å²) in [5.74, 6) is -1.68. The van der Waals surface area contributed by atoms with Crippen LogP contribution in [0.1, 0.15) is 20.7 Å². The summed E-state index contributed by atoms with van der Waals surface area (Å²) in [6.07, 6.45) is 0. The molecule has 0 spiro atoms. The molecule has 10 heteroatoms. The third-order valence-electron chi connectivity index (χ3n) is 2.65. The predicted molar refractivity (Wildman–Crippen MR) is 115 cm³/mol. The Morgan fingerprint density at radius 2 is 1.41 bits per heavy atom. The molecule has 0 atom stereocenters. The molecule has 0 unspecified atom stereocenters. The number of hydrogen-bond donors (Lipinski definition) is 2. The van der Waals surface area contributed by atoms with Gasteiger partial charge in [-0.15, -0.1) is 0 Å². The van der Waals surface area contributed by atoms with E-state index >= 15 is 0 Å². The highest BCUT2D eigenvalue weighted by Gasteiger charge is 2.28. The zero-order valence-corrected chi connectivity index (χ0v) is 20.0. The highest BCUT2D eigenvalue weighted by Crippen LogP contribution is 2.33. The van der Waals surface area contributed by atoms with Crippen molar-refractivity contribution in [1.29, 1.82) is 0 Å². The van der Waals surface area contributed by atoms with Gasteiger partial charge in [0, 0.05) is 28.4 Å². The molecule has 0 saturated carbocycles. The van der Waals surface area contributed by atoms with Gasteiger partial charge in [0.2, 0.25) is 0 Å². The Hall–Kier alpha value is 0.550. The quantitative estimate of drug-likeness (QED) is 0.366. The molecule has 0 aliphatic heterocycles. The lowest BCUT2D eigenvalue weighted by molar-refractivity contribution is -0.137. The van der Waals surface area contributed by atoms with Gasteiger partial charge in [-0.3, -0.25) is 14.4 Å². The van der Waals surface area contributed by atoms with Crippen LogP contribution in [0.25, 0.3) is 0 Å². The Balaban J connectivity index is 3.49. The fraction of sp³-hybridized carbons (Fsp3) is 0.250. The fourth-order valence-corrected chi connectivity index (χ4v) is 5.75. The third-order valence-corrected chi connectivity index (χ3v) is 9.03. The van der Waals surface area contributed by atoms with Crippen molar-refractivity contribution in [3.63, 3.8) is 0 Å². The molecule has 2 N–H and O–H groups in total. The first-order valence-corrected chi connectivity index (χ1v) is 10.00. The van der Waals surface area contributed by atoms with Crippen LogP contribution in [0.4, 0.5) is 0 Å². The predicted octanol–water partition coefficient (Wildman–Crippen LogP) is 2.62. The van der Waals surface area contributed by atoms with Crippen LogP contribution in [0.2, 0.25) is 0 Å². The summed E-state index contributed by atoms with van der Waals surface area (Å²) < 4.78 is 2.64. The number of carbonyl (C=O) groups is 3. The van der Waals surface area contributed by atoms with E-state index in [0.717, 1.165) is 4.90 Å². The molecule has 0 aliphatic rings. The molecule has 0 bridgehead atoms. The summed E-state index contributed by atoms with van der Waals surface area (Å²) in [7, 11) is 2.99. The van der Waals surface area contributed by atoms with E-state index < -0.39 is 5.97 Å². The van der Waals surface area contributed by atoms with Crippen molar-refractivity contribution in [2.75, 3.05) is 20.6 Å². The minimum absolute atomic E-state index is 0.220. The van der Waals surface area contributed by atoms with Gasteiger partial charge in [0.05, 0.1) is 11.1 Å². The largest absolute Gasteiger partial charge is 0.480 e. The Labute approximate surface area is 181 Å². The molecule has 120 valence electrons. The summed E-state index contributed by atoms with van der Waals surface area (Å²) in [6, 6.07) is 0. The number of rotatable bonds is 4. The van der Waals surface area contributed by atoms with Crippen molar-refractivity contribution >= 4 is 108 Å². The van der Waals surface area contributed by atoms with Crippen molar-refractivity contribution in [3.05, 3.63) is 25.4 Å². The van der Waals surface area contributed by atoms with E-state index in [1.54, 1.807) is 7.05 Å². The number of nitrogens with zero attached hydrogens (tertiary/aromatic N) is 1. The minimum atomic E-state index is -1.08. The lowest BCUT2D eigenvalue weighted by Crippen LogP contribution is -2.34. The molecule has 0 heterocycles. The van der Waals surface area contributed by atoms with Crippen LogP contribution in [0.15, 0.2) is 0 Å². The second kappa shape index (κ2) is 8.59. The number of carbonyl (C=O) groups excluding carboxylic acids is 2. The standard InChI is InChI=1S/C12H10I4N2O4/c1-17-11(21)5-7(13)9(15)6(10(16)8(5)14)12(22)18(2)3-4(19)20/h3H2,1-2H3,(H,17,21)(H,19,20). The molecule has 0 fully saturated rings. The Morgan fingerprint density at radius 3 is 1.77 bits per heavy atom. The summed E-state index contributed by atoms with van der Waals surface area (Å²) in [6.45, 7) is -0.380. The van der Waals surface area contributed by atoms with E-state index in [1.807, 2.05) is 90.4 Å². The second-order valence-electron chi connectivity index (χ2n) is 4.14. The summed E-state index contributed by atoms with van der Waals surface area (Å²) in [5.41, 5.74) is 0.946. The lowest BCUT2D eigenvalue weighted by atomic mass is 10.1. The van der Waals surface area contributed by atoms with Gasteiger partial charge in [0.25, 0.3) is 11.8 Å². The number of carboxylic acids is 1. The molecule has 0 aromatic heterocycles. The average Bonchev–Trinajstić information content (AvgIpc) is 2.44. The number of nitrogens with one attached hydrogen (secondary N) is 1. The molecule has 1 aromatic carbocycles. The lowest BCUT2D eigenvalue weighted by Gasteiger charge is -2.20. The zero-order chi connectivity index (χ0) is 17.2. The molecule has 0 saturated heterocycles. The third kappa shape index (κ3) is 4.34. The number of halogens is 4. The first-order chi connectivity index (χ1) is 10.1. The number of aliphatic carboxylic acids is 1.